The van der Waals surface area contributed by atoms with Crippen LogP contribution in [-0.2, 0) is 17.8 Å². The molecule has 10 nitrogen and oxygen atoms in total. The van der Waals surface area contributed by atoms with Crippen molar-refractivity contribution in [2.45, 2.75) is 32.7 Å². The molecule has 1 aliphatic rings. The van der Waals surface area contributed by atoms with E-state index in [9.17, 15) is 19.5 Å². The Kier molecular flexibility index (Phi) is 7.66. The van der Waals surface area contributed by atoms with Crippen LogP contribution in [0.25, 0.3) is 0 Å². The molecule has 2 aromatic heterocycles. The van der Waals surface area contributed by atoms with Crippen molar-refractivity contribution in [3.63, 3.8) is 0 Å². The van der Waals surface area contributed by atoms with Gasteiger partial charge in [0.15, 0.2) is 0 Å². The second-order valence-electron chi connectivity index (χ2n) is 8.90. The van der Waals surface area contributed by atoms with E-state index in [-0.39, 0.29) is 17.4 Å². The number of likely N-dealkylation sites (tertiary alicyclic amines) is 1. The van der Waals surface area contributed by atoms with Gasteiger partial charge >= 0.3 is 5.97 Å². The molecule has 0 radical (unpaired) electrons. The van der Waals surface area contributed by atoms with Crippen LogP contribution in [0.2, 0.25) is 0 Å². The molecule has 2 N–H and O–H groups in total. The van der Waals surface area contributed by atoms with Gasteiger partial charge in [0.1, 0.15) is 23.0 Å². The van der Waals surface area contributed by atoms with Crippen molar-refractivity contribution < 1.29 is 24.2 Å². The van der Waals surface area contributed by atoms with Crippen LogP contribution in [0.3, 0.4) is 0 Å². The smallest absolute Gasteiger partial charge is 0.337 e. The standard InChI is InChI=1S/C27H29N5O5/c1-4-21-20(27(35)36)9-12-24(30-21)29-18-7-11-23(17(14-18)16-32-13-5-6-25(32)33)37-19-8-10-22(28-15-19)26(34)31(2)3/h7-12,14-15H,4-6,13,16H2,1-3H3,(H,29,30)(H,35,36). The number of aromatic nitrogens is 2. The molecule has 3 heterocycles. The summed E-state index contributed by atoms with van der Waals surface area (Å²) in [5.41, 5.74) is 2.48. The predicted octanol–water partition coefficient (Wildman–Crippen LogP) is 4.10. The molecular formula is C27H29N5O5. The van der Waals surface area contributed by atoms with Crippen LogP contribution < -0.4 is 10.1 Å². The minimum atomic E-state index is -1.01. The molecule has 1 saturated heterocycles. The zero-order chi connectivity index (χ0) is 26.5. The van der Waals surface area contributed by atoms with E-state index in [1.807, 2.05) is 19.1 Å². The maximum atomic E-state index is 12.3. The minimum absolute atomic E-state index is 0.0936. The Hall–Kier alpha value is -4.47. The van der Waals surface area contributed by atoms with Crippen molar-refractivity contribution in [3.05, 3.63) is 71.2 Å². The highest BCUT2D eigenvalue weighted by molar-refractivity contribution is 5.92. The fourth-order valence-corrected chi connectivity index (χ4v) is 4.06. The molecule has 1 fully saturated rings. The summed E-state index contributed by atoms with van der Waals surface area (Å²) < 4.78 is 6.10. The van der Waals surface area contributed by atoms with Crippen molar-refractivity contribution in [1.29, 1.82) is 0 Å². The highest BCUT2D eigenvalue weighted by Crippen LogP contribution is 2.31. The lowest BCUT2D eigenvalue weighted by Crippen LogP contribution is -2.24. The van der Waals surface area contributed by atoms with Gasteiger partial charge in [0.05, 0.1) is 17.5 Å². The number of carbonyl (C=O) groups excluding carboxylic acids is 2. The molecule has 0 spiro atoms. The Balaban J connectivity index is 1.60. The number of carbonyl (C=O) groups is 3. The van der Waals surface area contributed by atoms with Gasteiger partial charge in [0, 0.05) is 44.9 Å². The van der Waals surface area contributed by atoms with Gasteiger partial charge < -0.3 is 25.0 Å². The van der Waals surface area contributed by atoms with Gasteiger partial charge in [-0.1, -0.05) is 6.92 Å². The average Bonchev–Trinajstić information content (AvgIpc) is 3.29. The highest BCUT2D eigenvalue weighted by atomic mass is 16.5. The highest BCUT2D eigenvalue weighted by Gasteiger charge is 2.22. The van der Waals surface area contributed by atoms with Gasteiger partial charge in [-0.15, -0.1) is 0 Å². The first-order valence-electron chi connectivity index (χ1n) is 12.0. The van der Waals surface area contributed by atoms with E-state index in [1.54, 1.807) is 43.3 Å². The fraction of sp³-hybridized carbons (Fsp3) is 0.296. The van der Waals surface area contributed by atoms with Crippen molar-refractivity contribution in [2.24, 2.45) is 0 Å². The van der Waals surface area contributed by atoms with Crippen LogP contribution in [0.5, 0.6) is 11.5 Å². The van der Waals surface area contributed by atoms with Crippen LogP contribution in [-0.4, -0.2) is 63.3 Å². The molecule has 0 atom stereocenters. The molecule has 1 aliphatic heterocycles. The molecule has 10 heteroatoms. The topological polar surface area (TPSA) is 125 Å². The van der Waals surface area contributed by atoms with Crippen LogP contribution >= 0.6 is 0 Å². The number of rotatable bonds is 9. The van der Waals surface area contributed by atoms with Crippen molar-refractivity contribution in [3.8, 4) is 11.5 Å². The van der Waals surface area contributed by atoms with E-state index in [0.29, 0.717) is 54.6 Å². The van der Waals surface area contributed by atoms with E-state index in [0.717, 1.165) is 17.7 Å². The summed E-state index contributed by atoms with van der Waals surface area (Å²) in [6, 6.07) is 11.9. The van der Waals surface area contributed by atoms with Gasteiger partial charge in [0.25, 0.3) is 5.91 Å². The maximum Gasteiger partial charge on any atom is 0.337 e. The molecule has 192 valence electrons. The molecule has 0 saturated carbocycles. The monoisotopic (exact) mass is 503 g/mol. The number of anilines is 2. The van der Waals surface area contributed by atoms with Crippen LogP contribution in [0.4, 0.5) is 11.5 Å². The van der Waals surface area contributed by atoms with Gasteiger partial charge in [-0.3, -0.25) is 9.59 Å². The number of hydrogen-bond acceptors (Lipinski definition) is 7. The summed E-state index contributed by atoms with van der Waals surface area (Å²) in [6.45, 7) is 2.91. The van der Waals surface area contributed by atoms with Gasteiger partial charge in [0.2, 0.25) is 5.91 Å². The Morgan fingerprint density at radius 1 is 1.16 bits per heavy atom. The normalized spacial score (nSPS) is 12.9. The first-order valence-corrected chi connectivity index (χ1v) is 12.0. The molecule has 37 heavy (non-hydrogen) atoms. The average molecular weight is 504 g/mol. The molecule has 0 unspecified atom stereocenters. The van der Waals surface area contributed by atoms with Crippen molar-refractivity contribution >= 4 is 29.3 Å². The van der Waals surface area contributed by atoms with Crippen LogP contribution in [0.15, 0.2) is 48.7 Å². The zero-order valence-electron chi connectivity index (χ0n) is 21.0. The first kappa shape index (κ1) is 25.6. The van der Waals surface area contributed by atoms with E-state index >= 15 is 0 Å². The Morgan fingerprint density at radius 3 is 2.59 bits per heavy atom. The summed E-state index contributed by atoms with van der Waals surface area (Å²) >= 11 is 0. The van der Waals surface area contributed by atoms with Crippen molar-refractivity contribution in [1.82, 2.24) is 19.8 Å². The third-order valence-electron chi connectivity index (χ3n) is 5.99. The number of amides is 2. The largest absolute Gasteiger partial charge is 0.478 e. The summed E-state index contributed by atoms with van der Waals surface area (Å²) in [7, 11) is 3.32. The van der Waals surface area contributed by atoms with Gasteiger partial charge in [-0.2, -0.15) is 0 Å². The van der Waals surface area contributed by atoms with Crippen molar-refractivity contribution in [2.75, 3.05) is 26.0 Å². The third kappa shape index (κ3) is 6.03. The summed E-state index contributed by atoms with van der Waals surface area (Å²) in [6.07, 6.45) is 3.32. The minimum Gasteiger partial charge on any atom is -0.478 e. The van der Waals surface area contributed by atoms with E-state index < -0.39 is 5.97 Å². The summed E-state index contributed by atoms with van der Waals surface area (Å²) in [5.74, 6) is 0.417. The number of hydrogen-bond donors (Lipinski definition) is 2. The lowest BCUT2D eigenvalue weighted by atomic mass is 10.1. The number of carboxylic acids is 1. The van der Waals surface area contributed by atoms with Gasteiger partial charge in [-0.25, -0.2) is 14.8 Å². The van der Waals surface area contributed by atoms with Gasteiger partial charge in [-0.05, 0) is 55.3 Å². The number of carboxylic acid groups (broad SMARTS) is 1. The number of ether oxygens (including phenoxy) is 1. The number of nitrogens with one attached hydrogen (secondary N) is 1. The molecule has 1 aromatic carbocycles. The Morgan fingerprint density at radius 2 is 1.97 bits per heavy atom. The van der Waals surface area contributed by atoms with Crippen LogP contribution in [0.1, 0.15) is 51.9 Å². The lowest BCUT2D eigenvalue weighted by Gasteiger charge is -2.19. The molecule has 0 bridgehead atoms. The molecule has 4 rings (SSSR count). The second-order valence-corrected chi connectivity index (χ2v) is 8.90. The number of nitrogens with zero attached hydrogens (tertiary/aromatic N) is 4. The SMILES string of the molecule is CCc1nc(Nc2ccc(Oc3ccc(C(=O)N(C)C)nc3)c(CN3CCCC3=O)c2)ccc1C(=O)O. The quantitative estimate of drug-likeness (QED) is 0.447. The predicted molar refractivity (Wildman–Crippen MR) is 137 cm³/mol. The zero-order valence-corrected chi connectivity index (χ0v) is 21.0. The van der Waals surface area contributed by atoms with Crippen LogP contribution in [0, 0.1) is 0 Å². The number of pyridine rings is 2. The lowest BCUT2D eigenvalue weighted by molar-refractivity contribution is -0.128. The summed E-state index contributed by atoms with van der Waals surface area (Å²) in [5, 5.41) is 12.6. The van der Waals surface area contributed by atoms with E-state index in [4.69, 9.17) is 4.74 Å². The maximum absolute atomic E-state index is 12.3. The molecule has 0 aliphatic carbocycles. The summed E-state index contributed by atoms with van der Waals surface area (Å²) in [4.78, 5) is 47.7. The van der Waals surface area contributed by atoms with E-state index in [2.05, 4.69) is 15.3 Å². The first-order chi connectivity index (χ1) is 17.7. The second kappa shape index (κ2) is 11.1. The molecule has 2 amide bonds. The third-order valence-corrected chi connectivity index (χ3v) is 5.99. The number of aryl methyl sites for hydroxylation is 1. The fourth-order valence-electron chi connectivity index (χ4n) is 4.06. The number of aromatic carboxylic acids is 1. The Bertz CT molecular complexity index is 1320. The molecular weight excluding hydrogens is 474 g/mol. The Labute approximate surface area is 214 Å². The van der Waals surface area contributed by atoms with E-state index in [1.165, 1.54) is 17.2 Å². The molecule has 3 aromatic rings. The number of benzene rings is 1.